The third-order valence-corrected chi connectivity index (χ3v) is 2.61. The Hall–Kier alpha value is -1.94. The van der Waals surface area contributed by atoms with E-state index < -0.39 is 0 Å². The normalized spacial score (nSPS) is 10.8. The monoisotopic (exact) mass is 274 g/mol. The number of rotatable bonds is 5. The van der Waals surface area contributed by atoms with E-state index >= 15 is 0 Å². The maximum absolute atomic E-state index is 6.00. The number of hydrazone groups is 1. The van der Waals surface area contributed by atoms with Crippen LogP contribution >= 0.6 is 11.6 Å². The van der Waals surface area contributed by atoms with Gasteiger partial charge in [-0.3, -0.25) is 5.43 Å². The van der Waals surface area contributed by atoms with Crippen molar-refractivity contribution in [2.75, 3.05) is 5.43 Å². The van der Waals surface area contributed by atoms with Crippen LogP contribution in [0.2, 0.25) is 5.15 Å². The summed E-state index contributed by atoms with van der Waals surface area (Å²) in [5.74, 6) is 1.17. The first kappa shape index (κ1) is 13.5. The van der Waals surface area contributed by atoms with Crippen molar-refractivity contribution in [2.24, 2.45) is 5.10 Å². The van der Waals surface area contributed by atoms with E-state index in [4.69, 9.17) is 11.6 Å². The van der Waals surface area contributed by atoms with Crippen molar-refractivity contribution in [3.05, 3.63) is 41.6 Å². The van der Waals surface area contributed by atoms with Gasteiger partial charge in [-0.05, 0) is 6.42 Å². The van der Waals surface area contributed by atoms with E-state index in [1.54, 1.807) is 6.07 Å². The Labute approximate surface area is 117 Å². The summed E-state index contributed by atoms with van der Waals surface area (Å²) in [6.45, 7) is 2.10. The summed E-state index contributed by atoms with van der Waals surface area (Å²) in [4.78, 5) is 8.59. The van der Waals surface area contributed by atoms with E-state index in [2.05, 4.69) is 27.4 Å². The summed E-state index contributed by atoms with van der Waals surface area (Å²) in [6.07, 6.45) is 3.81. The molecule has 1 N–H and O–H groups in total. The lowest BCUT2D eigenvalue weighted by atomic mass is 10.2. The lowest BCUT2D eigenvalue weighted by Gasteiger charge is -2.04. The Kier molecular flexibility index (Phi) is 4.86. The number of anilines is 1. The number of hydrogen-bond donors (Lipinski definition) is 1. The van der Waals surface area contributed by atoms with Crippen LogP contribution in [0.15, 0.2) is 41.5 Å². The zero-order valence-corrected chi connectivity index (χ0v) is 11.4. The number of halogens is 1. The Morgan fingerprint density at radius 1 is 1.26 bits per heavy atom. The summed E-state index contributed by atoms with van der Waals surface area (Å²) in [5, 5.41) is 4.47. The molecule has 2 aromatic rings. The van der Waals surface area contributed by atoms with Crippen molar-refractivity contribution in [2.45, 2.75) is 19.8 Å². The fraction of sp³-hybridized carbons (Fsp3) is 0.214. The van der Waals surface area contributed by atoms with Crippen LogP contribution in [-0.4, -0.2) is 16.2 Å². The molecular weight excluding hydrogens is 260 g/mol. The summed E-state index contributed by atoms with van der Waals surface area (Å²) < 4.78 is 0. The molecule has 0 radical (unpaired) electrons. The van der Waals surface area contributed by atoms with Crippen LogP contribution in [0.25, 0.3) is 11.4 Å². The molecule has 1 heterocycles. The quantitative estimate of drug-likeness (QED) is 0.509. The molecule has 0 atom stereocenters. The van der Waals surface area contributed by atoms with Crippen LogP contribution in [0.4, 0.5) is 5.82 Å². The minimum atomic E-state index is 0.391. The van der Waals surface area contributed by atoms with Crippen LogP contribution in [0.1, 0.15) is 19.8 Å². The summed E-state index contributed by atoms with van der Waals surface area (Å²) >= 11 is 6.00. The lowest BCUT2D eigenvalue weighted by molar-refractivity contribution is 1.00. The molecule has 0 aliphatic rings. The van der Waals surface area contributed by atoms with Gasteiger partial charge in [0.05, 0.1) is 0 Å². The van der Waals surface area contributed by atoms with E-state index in [0.29, 0.717) is 16.8 Å². The smallest absolute Gasteiger partial charge is 0.163 e. The molecule has 1 aromatic carbocycles. The van der Waals surface area contributed by atoms with Crippen LogP contribution in [0.5, 0.6) is 0 Å². The molecule has 0 amide bonds. The van der Waals surface area contributed by atoms with Crippen molar-refractivity contribution in [3.63, 3.8) is 0 Å². The van der Waals surface area contributed by atoms with E-state index in [0.717, 1.165) is 18.4 Å². The van der Waals surface area contributed by atoms with Crippen molar-refractivity contribution in [1.29, 1.82) is 0 Å². The van der Waals surface area contributed by atoms with Gasteiger partial charge in [-0.15, -0.1) is 0 Å². The van der Waals surface area contributed by atoms with Gasteiger partial charge >= 0.3 is 0 Å². The van der Waals surface area contributed by atoms with Gasteiger partial charge in [-0.2, -0.15) is 5.10 Å². The molecule has 0 saturated carbocycles. The Morgan fingerprint density at radius 3 is 2.79 bits per heavy atom. The molecule has 0 unspecified atom stereocenters. The van der Waals surface area contributed by atoms with Gasteiger partial charge in [0.2, 0.25) is 0 Å². The molecule has 0 saturated heterocycles. The number of unbranched alkanes of at least 4 members (excludes halogenated alkanes) is 1. The molecule has 19 heavy (non-hydrogen) atoms. The molecule has 0 aliphatic heterocycles. The summed E-state index contributed by atoms with van der Waals surface area (Å²) in [6, 6.07) is 11.4. The maximum Gasteiger partial charge on any atom is 0.163 e. The Morgan fingerprint density at radius 2 is 2.05 bits per heavy atom. The van der Waals surface area contributed by atoms with Gasteiger partial charge in [0, 0.05) is 17.8 Å². The molecule has 98 valence electrons. The molecule has 0 fully saturated rings. The third kappa shape index (κ3) is 4.03. The second-order valence-electron chi connectivity index (χ2n) is 3.98. The van der Waals surface area contributed by atoms with Crippen LogP contribution in [-0.2, 0) is 0 Å². The molecule has 0 aliphatic carbocycles. The molecule has 4 nitrogen and oxygen atoms in total. The van der Waals surface area contributed by atoms with Gasteiger partial charge in [-0.1, -0.05) is 55.3 Å². The maximum atomic E-state index is 6.00. The SMILES string of the molecule is CCCC=NNc1cc(Cl)nc(-c2ccccc2)n1. The van der Waals surface area contributed by atoms with Crippen LogP contribution in [0, 0.1) is 0 Å². The Bertz CT molecular complexity index is 555. The van der Waals surface area contributed by atoms with Gasteiger partial charge < -0.3 is 0 Å². The topological polar surface area (TPSA) is 50.2 Å². The number of benzene rings is 1. The highest BCUT2D eigenvalue weighted by Gasteiger charge is 2.04. The largest absolute Gasteiger partial charge is 0.262 e. The highest BCUT2D eigenvalue weighted by atomic mass is 35.5. The van der Waals surface area contributed by atoms with E-state index in [1.807, 2.05) is 36.5 Å². The molecule has 0 bridgehead atoms. The van der Waals surface area contributed by atoms with E-state index in [1.165, 1.54) is 0 Å². The first-order valence-electron chi connectivity index (χ1n) is 6.17. The predicted octanol–water partition coefficient (Wildman–Crippen LogP) is 3.99. The van der Waals surface area contributed by atoms with Gasteiger partial charge in [-0.25, -0.2) is 9.97 Å². The second-order valence-corrected chi connectivity index (χ2v) is 4.36. The van der Waals surface area contributed by atoms with Crippen LogP contribution < -0.4 is 5.43 Å². The molecular formula is C14H15ClN4. The highest BCUT2D eigenvalue weighted by Crippen LogP contribution is 2.19. The third-order valence-electron chi connectivity index (χ3n) is 2.42. The van der Waals surface area contributed by atoms with Crippen molar-refractivity contribution in [3.8, 4) is 11.4 Å². The number of nitrogens with zero attached hydrogens (tertiary/aromatic N) is 3. The number of hydrogen-bond acceptors (Lipinski definition) is 4. The van der Waals surface area contributed by atoms with Crippen molar-refractivity contribution in [1.82, 2.24) is 9.97 Å². The van der Waals surface area contributed by atoms with Crippen molar-refractivity contribution < 1.29 is 0 Å². The fourth-order valence-corrected chi connectivity index (χ4v) is 1.68. The van der Waals surface area contributed by atoms with Crippen LogP contribution in [0.3, 0.4) is 0 Å². The first-order chi connectivity index (χ1) is 9.29. The van der Waals surface area contributed by atoms with E-state index in [-0.39, 0.29) is 0 Å². The molecule has 0 spiro atoms. The average molecular weight is 275 g/mol. The molecule has 1 aromatic heterocycles. The number of aromatic nitrogens is 2. The first-order valence-corrected chi connectivity index (χ1v) is 6.55. The highest BCUT2D eigenvalue weighted by molar-refractivity contribution is 6.29. The minimum absolute atomic E-state index is 0.391. The Balaban J connectivity index is 2.20. The average Bonchev–Trinajstić information content (AvgIpc) is 2.44. The standard InChI is InChI=1S/C14H15ClN4/c1-2-3-9-16-19-13-10-12(15)17-14(18-13)11-7-5-4-6-8-11/h4-10H,2-3H2,1H3,(H,17,18,19). The fourth-order valence-electron chi connectivity index (χ4n) is 1.50. The van der Waals surface area contributed by atoms with Crippen molar-refractivity contribution >= 4 is 23.6 Å². The summed E-state index contributed by atoms with van der Waals surface area (Å²) in [5.41, 5.74) is 3.79. The lowest BCUT2D eigenvalue weighted by Crippen LogP contribution is -1.97. The minimum Gasteiger partial charge on any atom is -0.262 e. The number of nitrogens with one attached hydrogen (secondary N) is 1. The predicted molar refractivity (Wildman–Crippen MR) is 79.5 cm³/mol. The summed E-state index contributed by atoms with van der Waals surface area (Å²) in [7, 11) is 0. The molecule has 2 rings (SSSR count). The van der Waals surface area contributed by atoms with Gasteiger partial charge in [0.15, 0.2) is 11.6 Å². The second kappa shape index (κ2) is 6.85. The van der Waals surface area contributed by atoms with Gasteiger partial charge in [0.25, 0.3) is 0 Å². The molecule has 5 heteroatoms. The zero-order chi connectivity index (χ0) is 13.5. The van der Waals surface area contributed by atoms with E-state index in [9.17, 15) is 0 Å². The zero-order valence-electron chi connectivity index (χ0n) is 10.7. The van der Waals surface area contributed by atoms with Gasteiger partial charge in [0.1, 0.15) is 5.15 Å².